The molecule has 2 aromatic rings. The Labute approximate surface area is 165 Å². The van der Waals surface area contributed by atoms with Crippen molar-refractivity contribution in [2.45, 2.75) is 54.0 Å². The molecule has 4 rings (SSSR count). The van der Waals surface area contributed by atoms with E-state index in [0.29, 0.717) is 24.4 Å². The van der Waals surface area contributed by atoms with E-state index in [0.717, 1.165) is 23.4 Å². The van der Waals surface area contributed by atoms with E-state index in [4.69, 9.17) is 0 Å². The van der Waals surface area contributed by atoms with Gasteiger partial charge in [-0.15, -0.1) is 12.4 Å². The van der Waals surface area contributed by atoms with Crippen molar-refractivity contribution in [1.82, 2.24) is 5.32 Å². The van der Waals surface area contributed by atoms with Crippen molar-refractivity contribution in [2.75, 3.05) is 5.32 Å². The molecule has 0 aromatic heterocycles. The highest BCUT2D eigenvalue weighted by atomic mass is 35.5. The standard InChI is InChI=1S/C21H24N2OS.ClH/c24-21(14-15-12-16-10-11-17(13-15)22-16)23-19-8-4-5-9-20(19)25-18-6-2-1-3-7-18;/h1-9,15-17,22H,10-14H2,(H,23,24);1H. The minimum Gasteiger partial charge on any atom is -0.325 e. The average molecular weight is 389 g/mol. The lowest BCUT2D eigenvalue weighted by Gasteiger charge is -2.28. The summed E-state index contributed by atoms with van der Waals surface area (Å²) in [5.74, 6) is 0.667. The van der Waals surface area contributed by atoms with Crippen LogP contribution in [0.3, 0.4) is 0 Å². The van der Waals surface area contributed by atoms with Crippen molar-refractivity contribution in [1.29, 1.82) is 0 Å². The van der Waals surface area contributed by atoms with Gasteiger partial charge < -0.3 is 10.6 Å². The number of anilines is 1. The van der Waals surface area contributed by atoms with Gasteiger partial charge in [-0.05, 0) is 55.9 Å². The van der Waals surface area contributed by atoms with Crippen LogP contribution in [0.4, 0.5) is 5.69 Å². The highest BCUT2D eigenvalue weighted by Crippen LogP contribution is 2.35. The Morgan fingerprint density at radius 1 is 1.00 bits per heavy atom. The Balaban J connectivity index is 0.00000196. The van der Waals surface area contributed by atoms with Gasteiger partial charge in [-0.3, -0.25) is 4.79 Å². The first-order valence-electron chi connectivity index (χ1n) is 9.14. The molecule has 2 saturated heterocycles. The van der Waals surface area contributed by atoms with Gasteiger partial charge in [0, 0.05) is 28.3 Å². The van der Waals surface area contributed by atoms with Crippen LogP contribution in [0.5, 0.6) is 0 Å². The molecule has 3 nitrogen and oxygen atoms in total. The van der Waals surface area contributed by atoms with E-state index in [1.807, 2.05) is 36.4 Å². The highest BCUT2D eigenvalue weighted by Gasteiger charge is 2.34. The summed E-state index contributed by atoms with van der Waals surface area (Å²) in [6.07, 6.45) is 5.48. The third-order valence-electron chi connectivity index (χ3n) is 5.18. The number of piperidine rings is 1. The van der Waals surface area contributed by atoms with Gasteiger partial charge in [0.25, 0.3) is 0 Å². The molecule has 2 aliphatic heterocycles. The van der Waals surface area contributed by atoms with Crippen molar-refractivity contribution >= 4 is 35.8 Å². The zero-order valence-electron chi connectivity index (χ0n) is 14.7. The Morgan fingerprint density at radius 3 is 2.38 bits per heavy atom. The summed E-state index contributed by atoms with van der Waals surface area (Å²) < 4.78 is 0. The van der Waals surface area contributed by atoms with Gasteiger partial charge in [-0.25, -0.2) is 0 Å². The number of benzene rings is 2. The van der Waals surface area contributed by atoms with Crippen molar-refractivity contribution < 1.29 is 4.79 Å². The topological polar surface area (TPSA) is 41.1 Å². The largest absolute Gasteiger partial charge is 0.325 e. The van der Waals surface area contributed by atoms with Gasteiger partial charge in [0.2, 0.25) is 5.91 Å². The average Bonchev–Trinajstić information content (AvgIpc) is 2.96. The molecule has 1 amide bonds. The van der Waals surface area contributed by atoms with Gasteiger partial charge >= 0.3 is 0 Å². The van der Waals surface area contributed by atoms with Crippen LogP contribution in [0.15, 0.2) is 64.4 Å². The lowest BCUT2D eigenvalue weighted by molar-refractivity contribution is -0.117. The lowest BCUT2D eigenvalue weighted by Crippen LogP contribution is -2.39. The maximum absolute atomic E-state index is 12.6. The van der Waals surface area contributed by atoms with E-state index in [-0.39, 0.29) is 18.3 Å². The second-order valence-electron chi connectivity index (χ2n) is 7.14. The third-order valence-corrected chi connectivity index (χ3v) is 6.26. The predicted octanol–water partition coefficient (Wildman–Crippen LogP) is 5.12. The van der Waals surface area contributed by atoms with Crippen molar-refractivity contribution in [2.24, 2.45) is 5.92 Å². The predicted molar refractivity (Wildman–Crippen MR) is 110 cm³/mol. The molecule has 2 bridgehead atoms. The third kappa shape index (κ3) is 4.81. The molecule has 2 aromatic carbocycles. The first-order chi connectivity index (χ1) is 12.3. The summed E-state index contributed by atoms with van der Waals surface area (Å²) in [4.78, 5) is 14.8. The molecular weight excluding hydrogens is 364 g/mol. The van der Waals surface area contributed by atoms with Gasteiger partial charge in [0.15, 0.2) is 0 Å². The van der Waals surface area contributed by atoms with E-state index in [9.17, 15) is 4.79 Å². The van der Waals surface area contributed by atoms with Crippen molar-refractivity contribution in [3.8, 4) is 0 Å². The van der Waals surface area contributed by atoms with Crippen molar-refractivity contribution in [3.63, 3.8) is 0 Å². The molecule has 2 N–H and O–H groups in total. The Bertz CT molecular complexity index is 728. The fourth-order valence-corrected chi connectivity index (χ4v) is 5.00. The Kier molecular flexibility index (Phi) is 6.63. The molecule has 2 fully saturated rings. The fourth-order valence-electron chi connectivity index (χ4n) is 4.08. The number of fused-ring (bicyclic) bond motifs is 2. The molecule has 2 aliphatic rings. The smallest absolute Gasteiger partial charge is 0.224 e. The van der Waals surface area contributed by atoms with Crippen LogP contribution < -0.4 is 10.6 Å². The number of para-hydroxylation sites is 1. The minimum absolute atomic E-state index is 0. The van der Waals surface area contributed by atoms with Gasteiger partial charge in [0.1, 0.15) is 0 Å². The molecule has 2 atom stereocenters. The van der Waals surface area contributed by atoms with E-state index in [1.54, 1.807) is 11.8 Å². The quantitative estimate of drug-likeness (QED) is 0.746. The number of hydrogen-bond acceptors (Lipinski definition) is 3. The lowest BCUT2D eigenvalue weighted by atomic mass is 9.89. The molecule has 26 heavy (non-hydrogen) atoms. The fraction of sp³-hybridized carbons (Fsp3) is 0.381. The number of amides is 1. The summed E-state index contributed by atoms with van der Waals surface area (Å²) >= 11 is 1.69. The van der Waals surface area contributed by atoms with Crippen LogP contribution in [0, 0.1) is 5.92 Å². The van der Waals surface area contributed by atoms with E-state index in [1.165, 1.54) is 17.7 Å². The van der Waals surface area contributed by atoms with Gasteiger partial charge in [-0.2, -0.15) is 0 Å². The summed E-state index contributed by atoms with van der Waals surface area (Å²) in [6, 6.07) is 19.6. The van der Waals surface area contributed by atoms with Gasteiger partial charge in [-0.1, -0.05) is 42.1 Å². The molecule has 0 radical (unpaired) electrons. The molecular formula is C21H25ClN2OS. The number of hydrogen-bond donors (Lipinski definition) is 2. The number of carbonyl (C=O) groups is 1. The first kappa shape index (κ1) is 19.3. The maximum Gasteiger partial charge on any atom is 0.224 e. The number of carbonyl (C=O) groups excluding carboxylic acids is 1. The second-order valence-corrected chi connectivity index (χ2v) is 8.25. The highest BCUT2D eigenvalue weighted by molar-refractivity contribution is 7.99. The van der Waals surface area contributed by atoms with Gasteiger partial charge in [0.05, 0.1) is 5.69 Å². The normalized spacial score (nSPS) is 23.9. The number of nitrogens with one attached hydrogen (secondary N) is 2. The minimum atomic E-state index is 0. The van der Waals surface area contributed by atoms with Crippen LogP contribution in [0.2, 0.25) is 0 Å². The van der Waals surface area contributed by atoms with Crippen molar-refractivity contribution in [3.05, 3.63) is 54.6 Å². The SMILES string of the molecule is Cl.O=C(CC1CC2CCC(C1)N2)Nc1ccccc1Sc1ccccc1. The molecule has 0 aliphatic carbocycles. The van der Waals surface area contributed by atoms with E-state index < -0.39 is 0 Å². The molecule has 5 heteroatoms. The zero-order valence-corrected chi connectivity index (χ0v) is 16.3. The Morgan fingerprint density at radius 2 is 1.65 bits per heavy atom. The monoisotopic (exact) mass is 388 g/mol. The van der Waals surface area contributed by atoms with Crippen LogP contribution in [-0.4, -0.2) is 18.0 Å². The number of halogens is 1. The van der Waals surface area contributed by atoms with Crippen LogP contribution >= 0.6 is 24.2 Å². The van der Waals surface area contributed by atoms with E-state index >= 15 is 0 Å². The molecule has 0 spiro atoms. The maximum atomic E-state index is 12.6. The molecule has 0 saturated carbocycles. The number of rotatable bonds is 5. The summed E-state index contributed by atoms with van der Waals surface area (Å²) in [6.45, 7) is 0. The summed E-state index contributed by atoms with van der Waals surface area (Å²) in [5, 5.41) is 6.79. The first-order valence-corrected chi connectivity index (χ1v) is 9.96. The summed E-state index contributed by atoms with van der Waals surface area (Å²) in [5.41, 5.74) is 0.915. The molecule has 2 unspecified atom stereocenters. The van der Waals surface area contributed by atoms with Crippen LogP contribution in [-0.2, 0) is 4.79 Å². The van der Waals surface area contributed by atoms with Crippen LogP contribution in [0.1, 0.15) is 32.1 Å². The summed E-state index contributed by atoms with van der Waals surface area (Å²) in [7, 11) is 0. The molecule has 2 heterocycles. The molecule has 138 valence electrons. The van der Waals surface area contributed by atoms with E-state index in [2.05, 4.69) is 28.8 Å². The Hall–Kier alpha value is -1.49. The second kappa shape index (κ2) is 8.94. The van der Waals surface area contributed by atoms with Crippen LogP contribution in [0.25, 0.3) is 0 Å². The zero-order chi connectivity index (χ0) is 17.1.